The van der Waals surface area contributed by atoms with Gasteiger partial charge in [-0.15, -0.1) is 0 Å². The maximum atomic E-state index is 13.0. The lowest BCUT2D eigenvalue weighted by Gasteiger charge is -2.17. The Morgan fingerprint density at radius 1 is 1.56 bits per heavy atom. The Balaban J connectivity index is 0. The predicted molar refractivity (Wildman–Crippen MR) is 58.7 cm³/mol. The van der Waals surface area contributed by atoms with Crippen molar-refractivity contribution < 1.29 is 18.7 Å². The van der Waals surface area contributed by atoms with Gasteiger partial charge in [0.05, 0.1) is 5.84 Å². The summed E-state index contributed by atoms with van der Waals surface area (Å²) in [7, 11) is 0. The van der Waals surface area contributed by atoms with Crippen molar-refractivity contribution in [2.24, 2.45) is 16.5 Å². The molecule has 0 aromatic carbocycles. The van der Waals surface area contributed by atoms with E-state index in [1.165, 1.54) is 6.92 Å². The molecular formula is C9H19F2N3O2. The van der Waals surface area contributed by atoms with Gasteiger partial charge in [0.2, 0.25) is 0 Å². The highest BCUT2D eigenvalue weighted by atomic mass is 19.3. The number of rotatable bonds is 6. The van der Waals surface area contributed by atoms with Crippen LogP contribution < -0.4 is 11.5 Å². The molecular weight excluding hydrogens is 220 g/mol. The van der Waals surface area contributed by atoms with Gasteiger partial charge in [0.25, 0.3) is 5.92 Å². The van der Waals surface area contributed by atoms with E-state index in [0.29, 0.717) is 0 Å². The zero-order chi connectivity index (χ0) is 12.1. The molecule has 1 atom stereocenters. The summed E-state index contributed by atoms with van der Waals surface area (Å²) in [6.07, 6.45) is -1.44. The Morgan fingerprint density at radius 3 is 2.44 bits per heavy atom. The zero-order valence-corrected chi connectivity index (χ0v) is 8.41. The molecule has 0 saturated heterocycles. The van der Waals surface area contributed by atoms with Crippen LogP contribution in [0.5, 0.6) is 0 Å². The summed E-state index contributed by atoms with van der Waals surface area (Å²) in [6.45, 7) is 1.35. The Bertz CT molecular complexity index is 253. The molecule has 5 N–H and O–H groups in total. The van der Waals surface area contributed by atoms with Gasteiger partial charge in [0.15, 0.2) is 0 Å². The Labute approximate surface area is 93.5 Å². The fourth-order valence-electron chi connectivity index (χ4n) is 0.907. The Hall–Kier alpha value is -1.24. The fourth-order valence-corrected chi connectivity index (χ4v) is 0.907. The number of nitrogens with two attached hydrogens (primary N) is 2. The fraction of sp³-hybridized carbons (Fsp3) is 0.778. The lowest BCUT2D eigenvalue weighted by molar-refractivity contribution is -0.141. The highest BCUT2D eigenvalue weighted by Crippen LogP contribution is 2.24. The number of halogens is 2. The van der Waals surface area contributed by atoms with E-state index in [4.69, 9.17) is 16.6 Å². The molecule has 0 amide bonds. The van der Waals surface area contributed by atoms with Gasteiger partial charge in [-0.25, -0.2) is 8.78 Å². The van der Waals surface area contributed by atoms with Crippen molar-refractivity contribution in [1.82, 2.24) is 0 Å². The van der Waals surface area contributed by atoms with Crippen LogP contribution in [0.1, 0.15) is 27.2 Å². The normalized spacial score (nSPS) is 14.1. The van der Waals surface area contributed by atoms with Crippen molar-refractivity contribution in [2.75, 3.05) is 6.54 Å². The minimum atomic E-state index is -3.13. The Kier molecular flexibility index (Phi) is 7.62. The molecule has 7 heteroatoms. The second-order valence-corrected chi connectivity index (χ2v) is 3.28. The van der Waals surface area contributed by atoms with E-state index in [1.807, 2.05) is 0 Å². The molecule has 0 aliphatic carbocycles. The molecule has 0 aromatic rings. The minimum Gasteiger partial charge on any atom is -0.480 e. The second-order valence-electron chi connectivity index (χ2n) is 3.28. The molecule has 0 aromatic heterocycles. The van der Waals surface area contributed by atoms with Crippen molar-refractivity contribution in [3.05, 3.63) is 0 Å². The van der Waals surface area contributed by atoms with E-state index < -0.39 is 30.8 Å². The minimum absolute atomic E-state index is 0. The van der Waals surface area contributed by atoms with E-state index in [0.717, 1.165) is 0 Å². The quantitative estimate of drug-likeness (QED) is 0.472. The first kappa shape index (κ1) is 17.2. The van der Waals surface area contributed by atoms with Gasteiger partial charge in [-0.1, -0.05) is 7.43 Å². The first-order chi connectivity index (χ1) is 6.74. The first-order valence-corrected chi connectivity index (χ1v) is 4.37. The van der Waals surface area contributed by atoms with Gasteiger partial charge in [0, 0.05) is 19.4 Å². The number of hydrogen-bond donors (Lipinski definition) is 3. The van der Waals surface area contributed by atoms with Crippen molar-refractivity contribution in [3.63, 3.8) is 0 Å². The van der Waals surface area contributed by atoms with E-state index in [1.54, 1.807) is 0 Å². The predicted octanol–water partition coefficient (Wildman–Crippen LogP) is 0.827. The SMILES string of the molecule is C.CC(N)=NCCC(F)(F)C[C@H](N)C(=O)O. The van der Waals surface area contributed by atoms with Crippen LogP contribution in [0.3, 0.4) is 0 Å². The highest BCUT2D eigenvalue weighted by molar-refractivity contribution is 5.77. The number of nitrogens with zero attached hydrogens (tertiary/aromatic N) is 1. The van der Waals surface area contributed by atoms with Gasteiger partial charge in [-0.3, -0.25) is 9.79 Å². The van der Waals surface area contributed by atoms with Crippen LogP contribution in [0.15, 0.2) is 4.99 Å². The second kappa shape index (κ2) is 7.10. The molecule has 0 saturated carbocycles. The number of amidine groups is 1. The van der Waals surface area contributed by atoms with Crippen molar-refractivity contribution >= 4 is 11.8 Å². The molecule has 16 heavy (non-hydrogen) atoms. The summed E-state index contributed by atoms with van der Waals surface area (Å²) < 4.78 is 26.1. The van der Waals surface area contributed by atoms with Gasteiger partial charge < -0.3 is 16.6 Å². The van der Waals surface area contributed by atoms with Crippen LogP contribution in [-0.2, 0) is 4.79 Å². The Morgan fingerprint density at radius 2 is 2.06 bits per heavy atom. The number of carboxylic acid groups (broad SMARTS) is 1. The zero-order valence-electron chi connectivity index (χ0n) is 8.41. The van der Waals surface area contributed by atoms with Crippen LogP contribution in [-0.4, -0.2) is 35.4 Å². The van der Waals surface area contributed by atoms with Gasteiger partial charge in [-0.05, 0) is 6.92 Å². The number of aliphatic imine (C=N–C) groups is 1. The van der Waals surface area contributed by atoms with E-state index in [9.17, 15) is 13.6 Å². The number of alkyl halides is 2. The third-order valence-electron chi connectivity index (χ3n) is 1.67. The lowest BCUT2D eigenvalue weighted by Crippen LogP contribution is -2.37. The van der Waals surface area contributed by atoms with E-state index in [-0.39, 0.29) is 19.8 Å². The molecule has 0 bridgehead atoms. The molecule has 0 fully saturated rings. The molecule has 0 unspecified atom stereocenters. The monoisotopic (exact) mass is 239 g/mol. The molecule has 96 valence electrons. The van der Waals surface area contributed by atoms with E-state index in [2.05, 4.69) is 4.99 Å². The third-order valence-corrected chi connectivity index (χ3v) is 1.67. The van der Waals surface area contributed by atoms with Crippen molar-refractivity contribution in [2.45, 2.75) is 39.2 Å². The molecule has 0 spiro atoms. The largest absolute Gasteiger partial charge is 0.480 e. The number of aliphatic carboxylic acids is 1. The van der Waals surface area contributed by atoms with E-state index >= 15 is 0 Å². The van der Waals surface area contributed by atoms with Gasteiger partial charge >= 0.3 is 5.97 Å². The highest BCUT2D eigenvalue weighted by Gasteiger charge is 2.33. The summed E-state index contributed by atoms with van der Waals surface area (Å²) >= 11 is 0. The smallest absolute Gasteiger partial charge is 0.320 e. The summed E-state index contributed by atoms with van der Waals surface area (Å²) in [5, 5.41) is 8.35. The molecule has 0 radical (unpaired) electrons. The average molecular weight is 239 g/mol. The first-order valence-electron chi connectivity index (χ1n) is 4.37. The number of hydrogen-bond acceptors (Lipinski definition) is 3. The number of carbonyl (C=O) groups is 1. The molecule has 0 aliphatic rings. The van der Waals surface area contributed by atoms with Crippen LogP contribution in [0.25, 0.3) is 0 Å². The summed E-state index contributed by atoms with van der Waals surface area (Å²) in [4.78, 5) is 13.8. The lowest BCUT2D eigenvalue weighted by atomic mass is 10.1. The standard InChI is InChI=1S/C8H15F2N3O2.CH4/c1-5(11)13-3-2-8(9,10)4-6(12)7(14)15;/h6H,2-4,12H2,1H3,(H2,11,13)(H,14,15);1H4/t6-;/m0./s1. The van der Waals surface area contributed by atoms with Crippen molar-refractivity contribution in [3.8, 4) is 0 Å². The van der Waals surface area contributed by atoms with Crippen LogP contribution in [0.2, 0.25) is 0 Å². The average Bonchev–Trinajstić information content (AvgIpc) is 2.01. The van der Waals surface area contributed by atoms with Gasteiger partial charge in [-0.2, -0.15) is 0 Å². The summed E-state index contributed by atoms with van der Waals surface area (Å²) in [5.74, 6) is -4.35. The maximum absolute atomic E-state index is 13.0. The summed E-state index contributed by atoms with van der Waals surface area (Å²) in [5.41, 5.74) is 10.2. The molecule has 0 rings (SSSR count). The van der Waals surface area contributed by atoms with Crippen LogP contribution in [0.4, 0.5) is 8.78 Å². The summed E-state index contributed by atoms with van der Waals surface area (Å²) in [6, 6.07) is -1.55. The molecule has 5 nitrogen and oxygen atoms in total. The third kappa shape index (κ3) is 8.10. The molecule has 0 heterocycles. The van der Waals surface area contributed by atoms with Crippen LogP contribution in [0, 0.1) is 0 Å². The van der Waals surface area contributed by atoms with Crippen LogP contribution >= 0.6 is 0 Å². The van der Waals surface area contributed by atoms with Gasteiger partial charge in [0.1, 0.15) is 6.04 Å². The maximum Gasteiger partial charge on any atom is 0.320 e. The van der Waals surface area contributed by atoms with Crippen molar-refractivity contribution in [1.29, 1.82) is 0 Å². The molecule has 0 aliphatic heterocycles. The number of carboxylic acids is 1. The topological polar surface area (TPSA) is 102 Å².